The number of carbonyl (C=O) groups is 2. The van der Waals surface area contributed by atoms with Crippen LogP contribution in [0, 0.1) is 11.3 Å². The van der Waals surface area contributed by atoms with Crippen LogP contribution in [0.1, 0.15) is 75.0 Å². The molecule has 2 amide bonds. The molecule has 0 bridgehead atoms. The van der Waals surface area contributed by atoms with Crippen molar-refractivity contribution in [1.29, 1.82) is 5.26 Å². The highest BCUT2D eigenvalue weighted by Gasteiger charge is 2.64. The number of nitrogens with zero attached hydrogens (tertiary/aromatic N) is 4. The minimum absolute atomic E-state index is 0.0517. The van der Waals surface area contributed by atoms with Gasteiger partial charge in [-0.1, -0.05) is 0 Å². The van der Waals surface area contributed by atoms with Crippen LogP contribution in [-0.2, 0) is 20.1 Å². The minimum atomic E-state index is -3.87. The summed E-state index contributed by atoms with van der Waals surface area (Å²) in [5.41, 5.74) is -1.13. The van der Waals surface area contributed by atoms with Gasteiger partial charge in [-0.25, -0.2) is 23.2 Å². The largest absolute Gasteiger partial charge is 0.477 e. The van der Waals surface area contributed by atoms with E-state index in [4.69, 9.17) is 19.7 Å². The second kappa shape index (κ2) is 9.55. The maximum absolute atomic E-state index is 14.2. The van der Waals surface area contributed by atoms with Crippen LogP contribution >= 0.6 is 0 Å². The van der Waals surface area contributed by atoms with Gasteiger partial charge in [0.25, 0.3) is 5.91 Å². The Kier molecular flexibility index (Phi) is 6.57. The standard InChI is InChI=1S/C27H30N6O6S/c1-25(2,3)39-24(35)32-23-27(9-5-10-27)40(36,37)20-8-11-38-22-18(26(20,4)33-23)12-17(15-30-22)31-21(34)19-7-6-16(13-28)14-29-19/h6-7,12,14-15,20H,5,8-11H2,1-4H3,(H,31,34)(H,32,33,35)/t20-,26-/m1/s1. The van der Waals surface area contributed by atoms with E-state index in [1.807, 2.05) is 6.07 Å². The fourth-order valence-electron chi connectivity index (χ4n) is 5.40. The maximum Gasteiger partial charge on any atom is 0.413 e. The molecule has 1 spiro atoms. The molecule has 0 radical (unpaired) electrons. The van der Waals surface area contributed by atoms with Crippen molar-refractivity contribution in [2.45, 2.75) is 74.5 Å². The average Bonchev–Trinajstić information content (AvgIpc) is 2.98. The SMILES string of the molecule is CC(C)(C)OC(=O)NC1=N[C@]2(C)c3cc(NC(=O)c4ccc(C#N)cn4)cnc3OCC[C@H]2S(=O)(=O)C12CCC2. The summed E-state index contributed by atoms with van der Waals surface area (Å²) < 4.78 is 38.5. The van der Waals surface area contributed by atoms with Crippen LogP contribution < -0.4 is 15.4 Å². The van der Waals surface area contributed by atoms with Gasteiger partial charge in [-0.3, -0.25) is 15.1 Å². The van der Waals surface area contributed by atoms with E-state index in [9.17, 15) is 18.0 Å². The predicted octanol–water partition coefficient (Wildman–Crippen LogP) is 3.24. The van der Waals surface area contributed by atoms with Gasteiger partial charge >= 0.3 is 6.09 Å². The number of nitriles is 1. The van der Waals surface area contributed by atoms with Gasteiger partial charge in [0.2, 0.25) is 5.88 Å². The normalized spacial score (nSPS) is 24.0. The van der Waals surface area contributed by atoms with E-state index in [1.165, 1.54) is 24.5 Å². The van der Waals surface area contributed by atoms with Crippen molar-refractivity contribution in [2.75, 3.05) is 11.9 Å². The molecule has 13 heteroatoms. The quantitative estimate of drug-likeness (QED) is 0.553. The molecule has 210 valence electrons. The van der Waals surface area contributed by atoms with E-state index in [-0.39, 0.29) is 36.1 Å². The maximum atomic E-state index is 14.2. The van der Waals surface area contributed by atoms with Gasteiger partial charge in [0, 0.05) is 18.2 Å². The van der Waals surface area contributed by atoms with E-state index >= 15 is 0 Å². The van der Waals surface area contributed by atoms with E-state index in [2.05, 4.69) is 20.6 Å². The number of alkyl carbamates (subject to hydrolysis) is 1. The van der Waals surface area contributed by atoms with Gasteiger partial charge in [0.1, 0.15) is 33.5 Å². The third-order valence-electron chi connectivity index (χ3n) is 7.50. The molecular weight excluding hydrogens is 536 g/mol. The molecule has 2 atom stereocenters. The van der Waals surface area contributed by atoms with Gasteiger partial charge in [-0.2, -0.15) is 5.26 Å². The number of carbonyl (C=O) groups excluding carboxylic acids is 2. The van der Waals surface area contributed by atoms with Crippen molar-refractivity contribution in [1.82, 2.24) is 15.3 Å². The summed E-state index contributed by atoms with van der Waals surface area (Å²) in [6.07, 6.45) is 3.46. The van der Waals surface area contributed by atoms with E-state index in [0.29, 0.717) is 30.4 Å². The Labute approximate surface area is 232 Å². The summed E-state index contributed by atoms with van der Waals surface area (Å²) >= 11 is 0. The molecule has 0 saturated heterocycles. The first-order valence-electron chi connectivity index (χ1n) is 12.9. The molecule has 12 nitrogen and oxygen atoms in total. The number of anilines is 1. The van der Waals surface area contributed by atoms with Crippen molar-refractivity contribution >= 4 is 33.4 Å². The van der Waals surface area contributed by atoms with Crippen LogP contribution in [0.5, 0.6) is 5.88 Å². The number of fused-ring (bicyclic) bond motifs is 3. The second-order valence-electron chi connectivity index (χ2n) is 11.3. The number of hydrogen-bond donors (Lipinski definition) is 2. The highest BCUT2D eigenvalue weighted by Crippen LogP contribution is 2.53. The Morgan fingerprint density at radius 3 is 2.52 bits per heavy atom. The van der Waals surface area contributed by atoms with Crippen LogP contribution in [0.4, 0.5) is 10.5 Å². The summed E-state index contributed by atoms with van der Waals surface area (Å²) in [6.45, 7) is 6.95. The smallest absolute Gasteiger partial charge is 0.413 e. The zero-order chi connectivity index (χ0) is 28.9. The molecule has 1 aliphatic carbocycles. The predicted molar refractivity (Wildman–Crippen MR) is 145 cm³/mol. The Morgan fingerprint density at radius 1 is 1.18 bits per heavy atom. The molecule has 2 aromatic rings. The number of nitrogens with one attached hydrogen (secondary N) is 2. The Bertz CT molecular complexity index is 1550. The number of amidine groups is 1. The first-order chi connectivity index (χ1) is 18.8. The number of ether oxygens (including phenoxy) is 2. The molecule has 2 N–H and O–H groups in total. The molecule has 40 heavy (non-hydrogen) atoms. The van der Waals surface area contributed by atoms with Gasteiger partial charge in [-0.15, -0.1) is 0 Å². The number of amides is 2. The number of sulfone groups is 1. The van der Waals surface area contributed by atoms with Crippen LogP contribution in [-0.4, -0.2) is 58.4 Å². The van der Waals surface area contributed by atoms with Gasteiger partial charge < -0.3 is 14.8 Å². The van der Waals surface area contributed by atoms with Gasteiger partial charge in [0.15, 0.2) is 9.84 Å². The van der Waals surface area contributed by atoms with Gasteiger partial charge in [0.05, 0.1) is 29.3 Å². The third kappa shape index (κ3) is 4.56. The minimum Gasteiger partial charge on any atom is -0.477 e. The average molecular weight is 567 g/mol. The van der Waals surface area contributed by atoms with Crippen LogP contribution in [0.3, 0.4) is 0 Å². The summed E-state index contributed by atoms with van der Waals surface area (Å²) in [7, 11) is -3.87. The molecule has 0 unspecified atom stereocenters. The zero-order valence-electron chi connectivity index (χ0n) is 22.6. The highest BCUT2D eigenvalue weighted by molar-refractivity contribution is 7.94. The lowest BCUT2D eigenvalue weighted by molar-refractivity contribution is 0.0558. The van der Waals surface area contributed by atoms with Crippen LogP contribution in [0.15, 0.2) is 35.6 Å². The Hall–Kier alpha value is -4.05. The van der Waals surface area contributed by atoms with E-state index in [1.54, 1.807) is 33.8 Å². The molecule has 2 aromatic heterocycles. The zero-order valence-corrected chi connectivity index (χ0v) is 23.5. The van der Waals surface area contributed by atoms with Crippen molar-refractivity contribution in [2.24, 2.45) is 4.99 Å². The first-order valence-corrected chi connectivity index (χ1v) is 14.5. The Morgan fingerprint density at radius 2 is 1.93 bits per heavy atom. The first kappa shape index (κ1) is 27.5. The summed E-state index contributed by atoms with van der Waals surface area (Å²) in [4.78, 5) is 38.9. The molecule has 5 rings (SSSR count). The van der Waals surface area contributed by atoms with Crippen molar-refractivity contribution in [3.8, 4) is 11.9 Å². The van der Waals surface area contributed by atoms with Crippen molar-refractivity contribution in [3.63, 3.8) is 0 Å². The topological polar surface area (TPSA) is 173 Å². The molecule has 4 heterocycles. The van der Waals surface area contributed by atoms with Crippen LogP contribution in [0.25, 0.3) is 0 Å². The lowest BCUT2D eigenvalue weighted by Gasteiger charge is -2.50. The summed E-state index contributed by atoms with van der Waals surface area (Å²) in [6, 6.07) is 6.44. The number of hydrogen-bond acceptors (Lipinski definition) is 10. The van der Waals surface area contributed by atoms with Crippen molar-refractivity contribution in [3.05, 3.63) is 47.4 Å². The van der Waals surface area contributed by atoms with Crippen molar-refractivity contribution < 1.29 is 27.5 Å². The number of aliphatic imine (C=N–C) groups is 1. The van der Waals surface area contributed by atoms with E-state index in [0.717, 1.165) is 0 Å². The van der Waals surface area contributed by atoms with Crippen LogP contribution in [0.2, 0.25) is 0 Å². The molecule has 1 fully saturated rings. The number of aromatic nitrogens is 2. The molecule has 1 saturated carbocycles. The lowest BCUT2D eigenvalue weighted by atomic mass is 9.81. The fraction of sp³-hybridized carbons (Fsp3) is 0.481. The molecular formula is C27H30N6O6S. The van der Waals surface area contributed by atoms with Gasteiger partial charge in [-0.05, 0) is 65.2 Å². The number of pyridine rings is 2. The molecule has 0 aromatic carbocycles. The third-order valence-corrected chi connectivity index (χ3v) is 10.6. The number of rotatable bonds is 2. The molecule has 2 aliphatic heterocycles. The lowest BCUT2D eigenvalue weighted by Crippen LogP contribution is -2.67. The second-order valence-corrected chi connectivity index (χ2v) is 13.8. The fourth-order valence-corrected chi connectivity index (χ4v) is 8.36. The Balaban J connectivity index is 1.56. The van der Waals surface area contributed by atoms with E-state index < -0.39 is 43.0 Å². The summed E-state index contributed by atoms with van der Waals surface area (Å²) in [5.74, 6) is -0.293. The monoisotopic (exact) mass is 566 g/mol. The molecule has 3 aliphatic rings. The summed E-state index contributed by atoms with van der Waals surface area (Å²) in [5, 5.41) is 13.4. The highest BCUT2D eigenvalue weighted by atomic mass is 32.2.